The lowest BCUT2D eigenvalue weighted by atomic mass is 10.2. The number of aromatic nitrogens is 1. The van der Waals surface area contributed by atoms with Crippen molar-refractivity contribution in [3.05, 3.63) is 48.4 Å². The lowest BCUT2D eigenvalue weighted by Crippen LogP contribution is -2.24. The third-order valence-electron chi connectivity index (χ3n) is 3.06. The van der Waals surface area contributed by atoms with Gasteiger partial charge in [0, 0.05) is 41.8 Å². The monoisotopic (exact) mass is 322 g/mol. The Morgan fingerprint density at radius 2 is 1.87 bits per heavy atom. The van der Waals surface area contributed by atoms with Gasteiger partial charge in [0.15, 0.2) is 0 Å². The number of carboxylic acid groups (broad SMARTS) is 2. The van der Waals surface area contributed by atoms with Crippen molar-refractivity contribution in [3.8, 4) is 0 Å². The van der Waals surface area contributed by atoms with Crippen LogP contribution in [0.25, 0.3) is 10.9 Å². The molecule has 0 fully saturated rings. The number of rotatable bonds is 5. The first kappa shape index (κ1) is 18.4. The summed E-state index contributed by atoms with van der Waals surface area (Å²) in [6.45, 7) is 2.85. The van der Waals surface area contributed by atoms with Crippen molar-refractivity contribution in [2.24, 2.45) is 5.73 Å². The molecule has 0 aliphatic carbocycles. The summed E-state index contributed by atoms with van der Waals surface area (Å²) < 4.78 is 15.0. The van der Waals surface area contributed by atoms with Crippen LogP contribution in [0.2, 0.25) is 0 Å². The van der Waals surface area contributed by atoms with Crippen LogP contribution in [-0.2, 0) is 16.1 Å². The largest absolute Gasteiger partial charge is 0.478 e. The fourth-order valence-electron chi connectivity index (χ4n) is 1.85. The second-order valence-electron chi connectivity index (χ2n) is 4.85. The number of benzene rings is 1. The maximum absolute atomic E-state index is 12.9. The third-order valence-corrected chi connectivity index (χ3v) is 3.06. The van der Waals surface area contributed by atoms with E-state index in [0.717, 1.165) is 23.9 Å². The molecule has 1 aromatic carbocycles. The zero-order valence-electron chi connectivity index (χ0n) is 12.6. The molecule has 0 saturated heterocycles. The third kappa shape index (κ3) is 6.31. The molecule has 0 radical (unpaired) electrons. The summed E-state index contributed by atoms with van der Waals surface area (Å²) in [5.74, 6) is -2.71. The second-order valence-corrected chi connectivity index (χ2v) is 4.85. The average molecular weight is 322 g/mol. The van der Waals surface area contributed by atoms with Gasteiger partial charge in [-0.3, -0.25) is 0 Å². The van der Waals surface area contributed by atoms with Crippen molar-refractivity contribution in [1.29, 1.82) is 0 Å². The van der Waals surface area contributed by atoms with Gasteiger partial charge in [0.2, 0.25) is 0 Å². The number of hydrogen-bond donors (Lipinski definition) is 3. The van der Waals surface area contributed by atoms with Crippen LogP contribution in [0.5, 0.6) is 0 Å². The minimum absolute atomic E-state index is 0.158. The van der Waals surface area contributed by atoms with E-state index >= 15 is 0 Å². The predicted octanol–water partition coefficient (Wildman–Crippen LogP) is 2.23. The number of halogens is 1. The number of carbonyl (C=O) groups is 2. The van der Waals surface area contributed by atoms with Crippen molar-refractivity contribution in [2.75, 3.05) is 0 Å². The number of aliphatic carboxylic acids is 2. The standard InChI is InChI=1S/C12H15FN2.C4H4O4/c1-2-11(14)8-15-6-5-9-7-10(13)3-4-12(9)15;5-3(6)1-2-4(7)8/h3-7,11H,2,8,14H2,1H3;1-2H,(H,5,6)(H,7,8). The molecular weight excluding hydrogens is 303 g/mol. The number of hydrogen-bond acceptors (Lipinski definition) is 3. The lowest BCUT2D eigenvalue weighted by Gasteiger charge is -2.11. The number of fused-ring (bicyclic) bond motifs is 1. The topological polar surface area (TPSA) is 106 Å². The summed E-state index contributed by atoms with van der Waals surface area (Å²) in [7, 11) is 0. The van der Waals surface area contributed by atoms with E-state index in [9.17, 15) is 14.0 Å². The first-order valence-corrected chi connectivity index (χ1v) is 6.97. The normalized spacial score (nSPS) is 12.0. The first-order valence-electron chi connectivity index (χ1n) is 6.97. The Morgan fingerprint density at radius 3 is 2.39 bits per heavy atom. The van der Waals surface area contributed by atoms with Crippen LogP contribution in [0.4, 0.5) is 4.39 Å². The Balaban J connectivity index is 0.000000284. The van der Waals surface area contributed by atoms with Gasteiger partial charge in [0.25, 0.3) is 0 Å². The highest BCUT2D eigenvalue weighted by molar-refractivity contribution is 5.89. The first-order chi connectivity index (χ1) is 10.8. The Labute approximate surface area is 132 Å². The van der Waals surface area contributed by atoms with E-state index in [4.69, 9.17) is 15.9 Å². The van der Waals surface area contributed by atoms with Gasteiger partial charge in [-0.2, -0.15) is 0 Å². The molecule has 2 aromatic rings. The van der Waals surface area contributed by atoms with Crippen LogP contribution in [-0.4, -0.2) is 32.8 Å². The van der Waals surface area contributed by atoms with E-state index in [2.05, 4.69) is 11.5 Å². The van der Waals surface area contributed by atoms with E-state index in [1.807, 2.05) is 12.3 Å². The van der Waals surface area contributed by atoms with E-state index in [1.54, 1.807) is 12.1 Å². The number of carboxylic acids is 2. The summed E-state index contributed by atoms with van der Waals surface area (Å²) in [6, 6.07) is 6.90. The van der Waals surface area contributed by atoms with Gasteiger partial charge >= 0.3 is 11.9 Å². The molecule has 0 aliphatic rings. The fraction of sp³-hybridized carbons (Fsp3) is 0.250. The maximum Gasteiger partial charge on any atom is 0.328 e. The molecule has 0 bridgehead atoms. The van der Waals surface area contributed by atoms with Crippen LogP contribution >= 0.6 is 0 Å². The molecule has 0 aliphatic heterocycles. The molecule has 23 heavy (non-hydrogen) atoms. The van der Waals surface area contributed by atoms with Crippen molar-refractivity contribution in [1.82, 2.24) is 4.57 Å². The molecule has 0 amide bonds. The molecule has 1 unspecified atom stereocenters. The quantitative estimate of drug-likeness (QED) is 0.732. The summed E-state index contributed by atoms with van der Waals surface area (Å²) in [5, 5.41) is 16.6. The van der Waals surface area contributed by atoms with Gasteiger partial charge in [-0.05, 0) is 30.7 Å². The molecule has 124 valence electrons. The van der Waals surface area contributed by atoms with Gasteiger partial charge in [-0.15, -0.1) is 0 Å². The van der Waals surface area contributed by atoms with Crippen molar-refractivity contribution in [3.63, 3.8) is 0 Å². The lowest BCUT2D eigenvalue weighted by molar-refractivity contribution is -0.134. The van der Waals surface area contributed by atoms with E-state index < -0.39 is 11.9 Å². The second kappa shape index (κ2) is 8.70. The minimum Gasteiger partial charge on any atom is -0.478 e. The van der Waals surface area contributed by atoms with Crippen LogP contribution in [0, 0.1) is 5.82 Å². The number of nitrogens with zero attached hydrogens (tertiary/aromatic N) is 1. The molecule has 6 nitrogen and oxygen atoms in total. The predicted molar refractivity (Wildman–Crippen MR) is 84.6 cm³/mol. The molecule has 0 saturated carbocycles. The van der Waals surface area contributed by atoms with E-state index in [-0.39, 0.29) is 11.9 Å². The molecule has 0 spiro atoms. The van der Waals surface area contributed by atoms with Crippen LogP contribution in [0.15, 0.2) is 42.6 Å². The van der Waals surface area contributed by atoms with Crippen LogP contribution in [0.3, 0.4) is 0 Å². The van der Waals surface area contributed by atoms with Gasteiger partial charge in [-0.1, -0.05) is 6.92 Å². The van der Waals surface area contributed by atoms with Gasteiger partial charge in [-0.25, -0.2) is 14.0 Å². The zero-order valence-corrected chi connectivity index (χ0v) is 12.6. The maximum atomic E-state index is 12.9. The summed E-state index contributed by atoms with van der Waals surface area (Å²) in [5.41, 5.74) is 6.93. The van der Waals surface area contributed by atoms with Crippen LogP contribution < -0.4 is 5.73 Å². The van der Waals surface area contributed by atoms with Crippen molar-refractivity contribution < 1.29 is 24.2 Å². The average Bonchev–Trinajstić information content (AvgIpc) is 2.87. The summed E-state index contributed by atoms with van der Waals surface area (Å²) >= 11 is 0. The minimum atomic E-state index is -1.26. The Hall–Kier alpha value is -2.67. The molecule has 7 heteroatoms. The summed E-state index contributed by atoms with van der Waals surface area (Å²) in [4.78, 5) is 19.1. The summed E-state index contributed by atoms with van der Waals surface area (Å²) in [6.07, 6.45) is 4.02. The molecule has 1 atom stereocenters. The fourth-order valence-corrected chi connectivity index (χ4v) is 1.85. The van der Waals surface area contributed by atoms with Gasteiger partial charge in [0.1, 0.15) is 5.82 Å². The highest BCUT2D eigenvalue weighted by atomic mass is 19.1. The van der Waals surface area contributed by atoms with Gasteiger partial charge in [0.05, 0.1) is 0 Å². The molecule has 1 aromatic heterocycles. The van der Waals surface area contributed by atoms with Gasteiger partial charge < -0.3 is 20.5 Å². The zero-order chi connectivity index (χ0) is 17.4. The molecular formula is C16H19FN2O4. The number of nitrogens with two attached hydrogens (primary N) is 1. The Kier molecular flexibility index (Phi) is 6.95. The van der Waals surface area contributed by atoms with Crippen molar-refractivity contribution >= 4 is 22.8 Å². The molecule has 4 N–H and O–H groups in total. The van der Waals surface area contributed by atoms with E-state index in [0.29, 0.717) is 12.2 Å². The molecule has 2 rings (SSSR count). The van der Waals surface area contributed by atoms with Crippen LogP contribution in [0.1, 0.15) is 13.3 Å². The SMILES string of the molecule is CCC(N)Cn1ccc2cc(F)ccc21.O=C(O)C=CC(=O)O. The van der Waals surface area contributed by atoms with E-state index in [1.165, 1.54) is 6.07 Å². The molecule has 1 heterocycles. The smallest absolute Gasteiger partial charge is 0.328 e. The Bertz CT molecular complexity index is 693. The Morgan fingerprint density at radius 1 is 1.26 bits per heavy atom. The highest BCUT2D eigenvalue weighted by Crippen LogP contribution is 2.17. The van der Waals surface area contributed by atoms with Crippen molar-refractivity contribution in [2.45, 2.75) is 25.9 Å². The highest BCUT2D eigenvalue weighted by Gasteiger charge is 2.05.